The molecule has 0 aliphatic carbocycles. The average Bonchev–Trinajstić information content (AvgIpc) is 2.37. The summed E-state index contributed by atoms with van der Waals surface area (Å²) in [7, 11) is 1.62. The molecular weight excluding hydrogens is 244 g/mol. The molecule has 0 saturated carbocycles. The third-order valence-corrected chi connectivity index (χ3v) is 3.47. The van der Waals surface area contributed by atoms with E-state index < -0.39 is 5.97 Å². The van der Waals surface area contributed by atoms with Crippen LogP contribution in [0.1, 0.15) is 18.1 Å². The Bertz CT molecular complexity index is 501. The van der Waals surface area contributed by atoms with Gasteiger partial charge in [-0.2, -0.15) is 0 Å². The van der Waals surface area contributed by atoms with E-state index in [9.17, 15) is 4.79 Å². The van der Waals surface area contributed by atoms with Crippen molar-refractivity contribution in [3.05, 3.63) is 41.5 Å². The van der Waals surface area contributed by atoms with Gasteiger partial charge in [0, 0.05) is 11.6 Å². The van der Waals surface area contributed by atoms with Gasteiger partial charge in [-0.1, -0.05) is 25.1 Å². The van der Waals surface area contributed by atoms with Crippen LogP contribution in [0.25, 0.3) is 0 Å². The molecular formula is C15H18O4. The molecule has 0 atom stereocenters. The molecule has 0 unspecified atom stereocenters. The van der Waals surface area contributed by atoms with E-state index in [2.05, 4.69) is 13.0 Å². The van der Waals surface area contributed by atoms with E-state index in [1.54, 1.807) is 13.2 Å². The molecule has 1 heterocycles. The van der Waals surface area contributed by atoms with Gasteiger partial charge in [0.15, 0.2) is 0 Å². The van der Waals surface area contributed by atoms with Crippen molar-refractivity contribution < 1.29 is 19.4 Å². The van der Waals surface area contributed by atoms with Crippen LogP contribution in [0.4, 0.5) is 0 Å². The topological polar surface area (TPSA) is 55.8 Å². The van der Waals surface area contributed by atoms with Crippen LogP contribution in [-0.4, -0.2) is 31.4 Å². The SMILES string of the molecule is CCc1ccc(OC)c(C2(/C=C/C(=O)O)COC2)c1. The van der Waals surface area contributed by atoms with Gasteiger partial charge in [-0.25, -0.2) is 4.79 Å². The lowest BCUT2D eigenvalue weighted by atomic mass is 9.77. The Morgan fingerprint density at radius 2 is 2.26 bits per heavy atom. The van der Waals surface area contributed by atoms with Crippen LogP contribution in [0.2, 0.25) is 0 Å². The largest absolute Gasteiger partial charge is 0.496 e. The molecule has 1 N–H and O–H groups in total. The maximum Gasteiger partial charge on any atom is 0.328 e. The summed E-state index contributed by atoms with van der Waals surface area (Å²) in [5.41, 5.74) is 1.82. The number of rotatable bonds is 5. The highest BCUT2D eigenvalue weighted by Gasteiger charge is 2.40. The normalized spacial score (nSPS) is 17.2. The summed E-state index contributed by atoms with van der Waals surface area (Å²) < 4.78 is 10.7. The fourth-order valence-corrected chi connectivity index (χ4v) is 2.26. The molecule has 0 bridgehead atoms. The van der Waals surface area contributed by atoms with Crippen LogP contribution in [-0.2, 0) is 21.4 Å². The highest BCUT2D eigenvalue weighted by Crippen LogP contribution is 2.39. The van der Waals surface area contributed by atoms with Crippen LogP contribution < -0.4 is 4.74 Å². The first-order valence-corrected chi connectivity index (χ1v) is 6.28. The monoisotopic (exact) mass is 262 g/mol. The molecule has 1 fully saturated rings. The van der Waals surface area contributed by atoms with E-state index >= 15 is 0 Å². The number of hydrogen-bond acceptors (Lipinski definition) is 3. The fourth-order valence-electron chi connectivity index (χ4n) is 2.26. The highest BCUT2D eigenvalue weighted by molar-refractivity contribution is 5.80. The third kappa shape index (κ3) is 2.63. The Kier molecular flexibility index (Phi) is 3.90. The maximum atomic E-state index is 10.7. The quantitative estimate of drug-likeness (QED) is 0.826. The van der Waals surface area contributed by atoms with Crippen molar-refractivity contribution in [2.24, 2.45) is 0 Å². The Morgan fingerprint density at radius 1 is 1.53 bits per heavy atom. The van der Waals surface area contributed by atoms with Crippen LogP contribution in [0.15, 0.2) is 30.4 Å². The second kappa shape index (κ2) is 5.45. The van der Waals surface area contributed by atoms with Crippen molar-refractivity contribution in [2.75, 3.05) is 20.3 Å². The number of carboxylic acid groups (broad SMARTS) is 1. The van der Waals surface area contributed by atoms with Gasteiger partial charge in [0.05, 0.1) is 25.7 Å². The van der Waals surface area contributed by atoms with E-state index in [1.165, 1.54) is 11.6 Å². The number of carbonyl (C=O) groups is 1. The molecule has 1 aliphatic heterocycles. The summed E-state index contributed by atoms with van der Waals surface area (Å²) in [6, 6.07) is 6.03. The zero-order valence-electron chi connectivity index (χ0n) is 11.2. The van der Waals surface area contributed by atoms with Gasteiger partial charge < -0.3 is 14.6 Å². The number of aryl methyl sites for hydroxylation is 1. The first-order valence-electron chi connectivity index (χ1n) is 6.28. The zero-order valence-corrected chi connectivity index (χ0v) is 11.2. The van der Waals surface area contributed by atoms with E-state index in [4.69, 9.17) is 14.6 Å². The molecule has 1 saturated heterocycles. The van der Waals surface area contributed by atoms with Gasteiger partial charge in [0.2, 0.25) is 0 Å². The number of methoxy groups -OCH3 is 1. The van der Waals surface area contributed by atoms with Gasteiger partial charge in [0.1, 0.15) is 5.75 Å². The molecule has 1 aromatic carbocycles. The van der Waals surface area contributed by atoms with Gasteiger partial charge >= 0.3 is 5.97 Å². The highest BCUT2D eigenvalue weighted by atomic mass is 16.5. The van der Waals surface area contributed by atoms with Gasteiger partial charge in [0.25, 0.3) is 0 Å². The lowest BCUT2D eigenvalue weighted by Gasteiger charge is -2.40. The second-order valence-electron chi connectivity index (χ2n) is 4.71. The fraction of sp³-hybridized carbons (Fsp3) is 0.400. The van der Waals surface area contributed by atoms with Crippen molar-refractivity contribution >= 4 is 5.97 Å². The van der Waals surface area contributed by atoms with Gasteiger partial charge in [-0.3, -0.25) is 0 Å². The number of benzene rings is 1. The van der Waals surface area contributed by atoms with Crippen LogP contribution in [0.5, 0.6) is 5.75 Å². The van der Waals surface area contributed by atoms with Crippen LogP contribution >= 0.6 is 0 Å². The van der Waals surface area contributed by atoms with E-state index in [0.717, 1.165) is 17.7 Å². The standard InChI is InChI=1S/C15H18O4/c1-3-11-4-5-13(18-2)12(8-11)15(9-19-10-15)7-6-14(16)17/h4-8H,3,9-10H2,1-2H3,(H,16,17)/b7-6+. The Hall–Kier alpha value is -1.81. The van der Waals surface area contributed by atoms with Crippen molar-refractivity contribution in [1.29, 1.82) is 0 Å². The molecule has 0 spiro atoms. The van der Waals surface area contributed by atoms with Crippen molar-refractivity contribution in [1.82, 2.24) is 0 Å². The summed E-state index contributed by atoms with van der Waals surface area (Å²) in [4.78, 5) is 10.7. The average molecular weight is 262 g/mol. The number of carboxylic acids is 1. The third-order valence-electron chi connectivity index (χ3n) is 3.47. The molecule has 2 rings (SSSR count). The van der Waals surface area contributed by atoms with Crippen molar-refractivity contribution in [3.8, 4) is 5.75 Å². The van der Waals surface area contributed by atoms with Gasteiger partial charge in [-0.05, 0) is 18.1 Å². The first kappa shape index (κ1) is 13.6. The van der Waals surface area contributed by atoms with E-state index in [1.807, 2.05) is 12.1 Å². The smallest absolute Gasteiger partial charge is 0.328 e. The number of aliphatic carboxylic acids is 1. The molecule has 0 amide bonds. The first-order chi connectivity index (χ1) is 9.11. The van der Waals surface area contributed by atoms with Crippen LogP contribution in [0.3, 0.4) is 0 Å². The molecule has 102 valence electrons. The lowest BCUT2D eigenvalue weighted by Crippen LogP contribution is -2.45. The predicted molar refractivity (Wildman–Crippen MR) is 71.6 cm³/mol. The molecule has 4 heteroatoms. The Balaban J connectivity index is 2.44. The number of ether oxygens (including phenoxy) is 2. The molecule has 1 aliphatic rings. The summed E-state index contributed by atoms with van der Waals surface area (Å²) in [5, 5.41) is 8.81. The summed E-state index contributed by atoms with van der Waals surface area (Å²) >= 11 is 0. The summed E-state index contributed by atoms with van der Waals surface area (Å²) in [6.07, 6.45) is 3.81. The van der Waals surface area contributed by atoms with Crippen molar-refractivity contribution in [3.63, 3.8) is 0 Å². The van der Waals surface area contributed by atoms with E-state index in [-0.39, 0.29) is 5.41 Å². The van der Waals surface area contributed by atoms with Crippen LogP contribution in [0, 0.1) is 0 Å². The Labute approximate surface area is 112 Å². The minimum atomic E-state index is -0.947. The molecule has 4 nitrogen and oxygen atoms in total. The Morgan fingerprint density at radius 3 is 2.74 bits per heavy atom. The van der Waals surface area contributed by atoms with Crippen molar-refractivity contribution in [2.45, 2.75) is 18.8 Å². The molecule has 19 heavy (non-hydrogen) atoms. The second-order valence-corrected chi connectivity index (χ2v) is 4.71. The van der Waals surface area contributed by atoms with Gasteiger partial charge in [-0.15, -0.1) is 0 Å². The molecule has 1 aromatic rings. The van der Waals surface area contributed by atoms with E-state index in [0.29, 0.717) is 13.2 Å². The molecule has 0 radical (unpaired) electrons. The maximum absolute atomic E-state index is 10.7. The predicted octanol–water partition coefficient (Wildman–Crippen LogP) is 2.17. The minimum absolute atomic E-state index is 0.380. The minimum Gasteiger partial charge on any atom is -0.496 e. The summed E-state index contributed by atoms with van der Waals surface area (Å²) in [5.74, 6) is -0.174. The molecule has 0 aromatic heterocycles. The number of hydrogen-bond donors (Lipinski definition) is 1. The lowest BCUT2D eigenvalue weighted by molar-refractivity contribution is -0.131. The summed E-state index contributed by atoms with van der Waals surface area (Å²) in [6.45, 7) is 3.06. The zero-order chi connectivity index (χ0) is 13.9.